The highest BCUT2D eigenvalue weighted by Gasteiger charge is 2.50. The Labute approximate surface area is 171 Å². The highest BCUT2D eigenvalue weighted by Crippen LogP contribution is 2.56. The van der Waals surface area contributed by atoms with Crippen LogP contribution in [0.2, 0.25) is 0 Å². The standard InChI is InChI=1S/C20H31N.C6H6O/c1-14(2)15-6-8-17-16(12-15)7-9-18-19(3,13-21)10-5-11-20(17,18)4;7-6-4-2-1-3-5-6/h6,8,12,14,18H,5,7,9-11,13,21H2,1-4H3;1-5,7H/t18-,19-,20+;/m0./s1. The van der Waals surface area contributed by atoms with E-state index in [1.165, 1.54) is 37.7 Å². The molecule has 3 N–H and O–H groups in total. The number of benzene rings is 2. The molecule has 152 valence electrons. The lowest BCUT2D eigenvalue weighted by molar-refractivity contribution is 0.0326. The molecule has 4 rings (SSSR count). The van der Waals surface area contributed by atoms with E-state index in [1.54, 1.807) is 35.4 Å². The molecule has 0 bridgehead atoms. The summed E-state index contributed by atoms with van der Waals surface area (Å²) in [4.78, 5) is 0. The summed E-state index contributed by atoms with van der Waals surface area (Å²) < 4.78 is 0. The van der Waals surface area contributed by atoms with Gasteiger partial charge in [-0.15, -0.1) is 0 Å². The number of hydrogen-bond donors (Lipinski definition) is 2. The fourth-order valence-electron chi connectivity index (χ4n) is 5.68. The zero-order valence-corrected chi connectivity index (χ0v) is 18.0. The lowest BCUT2D eigenvalue weighted by Crippen LogP contribution is -2.51. The number of rotatable bonds is 2. The normalized spacial score (nSPS) is 28.7. The van der Waals surface area contributed by atoms with Crippen molar-refractivity contribution in [1.82, 2.24) is 0 Å². The first kappa shape index (κ1) is 20.9. The quantitative estimate of drug-likeness (QED) is 0.655. The second-order valence-electron chi connectivity index (χ2n) is 9.63. The van der Waals surface area contributed by atoms with E-state index in [0.29, 0.717) is 22.5 Å². The van der Waals surface area contributed by atoms with Crippen LogP contribution in [-0.2, 0) is 11.8 Å². The number of para-hydroxylation sites is 1. The van der Waals surface area contributed by atoms with Crippen LogP contribution >= 0.6 is 0 Å². The maximum absolute atomic E-state index is 8.63. The van der Waals surface area contributed by atoms with Gasteiger partial charge in [0.15, 0.2) is 0 Å². The van der Waals surface area contributed by atoms with Gasteiger partial charge in [0.2, 0.25) is 0 Å². The molecule has 2 heteroatoms. The average molecular weight is 380 g/mol. The molecule has 2 aromatic rings. The molecule has 0 heterocycles. The van der Waals surface area contributed by atoms with Crippen molar-refractivity contribution in [3.8, 4) is 5.75 Å². The smallest absolute Gasteiger partial charge is 0.115 e. The summed E-state index contributed by atoms with van der Waals surface area (Å²) in [5.74, 6) is 1.70. The van der Waals surface area contributed by atoms with Crippen LogP contribution in [0.15, 0.2) is 48.5 Å². The molecule has 2 aromatic carbocycles. The Morgan fingerprint density at radius 2 is 1.79 bits per heavy atom. The Bertz CT molecular complexity index is 784. The highest BCUT2D eigenvalue weighted by atomic mass is 16.3. The number of phenols is 1. The van der Waals surface area contributed by atoms with Crippen molar-refractivity contribution in [2.24, 2.45) is 17.1 Å². The van der Waals surface area contributed by atoms with Crippen LogP contribution in [0.5, 0.6) is 5.75 Å². The molecule has 2 nitrogen and oxygen atoms in total. The van der Waals surface area contributed by atoms with E-state index in [1.807, 2.05) is 6.07 Å². The Hall–Kier alpha value is -1.80. The monoisotopic (exact) mass is 379 g/mol. The van der Waals surface area contributed by atoms with Crippen LogP contribution in [0.25, 0.3) is 0 Å². The predicted molar refractivity (Wildman–Crippen MR) is 119 cm³/mol. The Morgan fingerprint density at radius 3 is 2.36 bits per heavy atom. The molecule has 0 spiro atoms. The lowest BCUT2D eigenvalue weighted by Gasteiger charge is -2.55. The van der Waals surface area contributed by atoms with Crippen LogP contribution in [0, 0.1) is 11.3 Å². The van der Waals surface area contributed by atoms with Crippen molar-refractivity contribution in [2.75, 3.05) is 6.54 Å². The predicted octanol–water partition coefficient (Wildman–Crippen LogP) is 6.17. The van der Waals surface area contributed by atoms with Crippen molar-refractivity contribution in [2.45, 2.75) is 71.1 Å². The van der Waals surface area contributed by atoms with Gasteiger partial charge in [-0.05, 0) is 83.7 Å². The van der Waals surface area contributed by atoms with Crippen LogP contribution in [0.4, 0.5) is 0 Å². The third-order valence-electron chi connectivity index (χ3n) is 7.39. The van der Waals surface area contributed by atoms with Crippen molar-refractivity contribution in [3.63, 3.8) is 0 Å². The minimum Gasteiger partial charge on any atom is -0.508 e. The number of hydrogen-bond acceptors (Lipinski definition) is 2. The van der Waals surface area contributed by atoms with E-state index in [0.717, 1.165) is 12.5 Å². The van der Waals surface area contributed by atoms with Gasteiger partial charge in [-0.25, -0.2) is 0 Å². The summed E-state index contributed by atoms with van der Waals surface area (Å²) in [5.41, 5.74) is 11.6. The fourth-order valence-corrected chi connectivity index (χ4v) is 5.68. The second-order valence-corrected chi connectivity index (χ2v) is 9.63. The first-order valence-corrected chi connectivity index (χ1v) is 10.9. The topological polar surface area (TPSA) is 46.2 Å². The first-order chi connectivity index (χ1) is 13.3. The van der Waals surface area contributed by atoms with Crippen LogP contribution in [0.1, 0.15) is 76.0 Å². The van der Waals surface area contributed by atoms with E-state index in [4.69, 9.17) is 10.8 Å². The van der Waals surface area contributed by atoms with Gasteiger partial charge in [0.25, 0.3) is 0 Å². The number of phenolic OH excluding ortho intramolecular Hbond substituents is 1. The number of aryl methyl sites for hydroxylation is 1. The van der Waals surface area contributed by atoms with E-state index >= 15 is 0 Å². The Morgan fingerprint density at radius 1 is 1.07 bits per heavy atom. The van der Waals surface area contributed by atoms with Crippen molar-refractivity contribution in [3.05, 3.63) is 65.2 Å². The van der Waals surface area contributed by atoms with Gasteiger partial charge in [-0.1, -0.05) is 70.5 Å². The van der Waals surface area contributed by atoms with Gasteiger partial charge in [-0.3, -0.25) is 0 Å². The second kappa shape index (κ2) is 8.29. The maximum Gasteiger partial charge on any atom is 0.115 e. The minimum atomic E-state index is 0.322. The van der Waals surface area contributed by atoms with Crippen LogP contribution < -0.4 is 5.73 Å². The first-order valence-electron chi connectivity index (χ1n) is 10.9. The van der Waals surface area contributed by atoms with Crippen molar-refractivity contribution >= 4 is 0 Å². The molecule has 0 amide bonds. The SMILES string of the molecule is CC(C)c1ccc2c(c1)CC[C@H]1[C@](C)(CN)CCC[C@]21C.Oc1ccccc1. The zero-order valence-electron chi connectivity index (χ0n) is 18.0. The van der Waals surface area contributed by atoms with E-state index in [2.05, 4.69) is 45.9 Å². The maximum atomic E-state index is 8.63. The highest BCUT2D eigenvalue weighted by molar-refractivity contribution is 5.42. The third-order valence-corrected chi connectivity index (χ3v) is 7.39. The average Bonchev–Trinajstić information content (AvgIpc) is 2.68. The molecule has 0 radical (unpaired) electrons. The van der Waals surface area contributed by atoms with Gasteiger partial charge in [0.1, 0.15) is 5.75 Å². The summed E-state index contributed by atoms with van der Waals surface area (Å²) in [6.45, 7) is 10.4. The van der Waals surface area contributed by atoms with Crippen molar-refractivity contribution in [1.29, 1.82) is 0 Å². The van der Waals surface area contributed by atoms with Gasteiger partial charge >= 0.3 is 0 Å². The fraction of sp³-hybridized carbons (Fsp3) is 0.538. The van der Waals surface area contributed by atoms with Gasteiger partial charge in [0, 0.05) is 0 Å². The Kier molecular flexibility index (Phi) is 6.19. The number of nitrogens with two attached hydrogens (primary N) is 1. The molecular weight excluding hydrogens is 342 g/mol. The van der Waals surface area contributed by atoms with Crippen LogP contribution in [-0.4, -0.2) is 11.7 Å². The number of aromatic hydroxyl groups is 1. The minimum absolute atomic E-state index is 0.322. The molecule has 1 fully saturated rings. The summed E-state index contributed by atoms with van der Waals surface area (Å²) in [6.07, 6.45) is 6.53. The van der Waals surface area contributed by atoms with Crippen molar-refractivity contribution < 1.29 is 5.11 Å². The van der Waals surface area contributed by atoms with E-state index in [-0.39, 0.29) is 0 Å². The summed E-state index contributed by atoms with van der Waals surface area (Å²) >= 11 is 0. The van der Waals surface area contributed by atoms with Gasteiger partial charge < -0.3 is 10.8 Å². The molecule has 1 saturated carbocycles. The molecule has 3 atom stereocenters. The molecule has 28 heavy (non-hydrogen) atoms. The van der Waals surface area contributed by atoms with Crippen LogP contribution in [0.3, 0.4) is 0 Å². The molecular formula is C26H37NO. The van der Waals surface area contributed by atoms with E-state index in [9.17, 15) is 0 Å². The summed E-state index contributed by atoms with van der Waals surface area (Å²) in [6, 6.07) is 16.0. The molecule has 0 unspecified atom stereocenters. The molecule has 2 aliphatic carbocycles. The molecule has 0 aliphatic heterocycles. The summed E-state index contributed by atoms with van der Waals surface area (Å²) in [5, 5.41) is 8.63. The Balaban J connectivity index is 0.000000271. The molecule has 0 saturated heterocycles. The zero-order chi connectivity index (χ0) is 20.4. The largest absolute Gasteiger partial charge is 0.508 e. The van der Waals surface area contributed by atoms with E-state index < -0.39 is 0 Å². The third kappa shape index (κ3) is 3.98. The molecule has 2 aliphatic rings. The lowest BCUT2D eigenvalue weighted by atomic mass is 9.50. The van der Waals surface area contributed by atoms with Gasteiger partial charge in [0.05, 0.1) is 0 Å². The summed E-state index contributed by atoms with van der Waals surface area (Å²) in [7, 11) is 0. The molecule has 0 aromatic heterocycles. The number of fused-ring (bicyclic) bond motifs is 3. The van der Waals surface area contributed by atoms with Gasteiger partial charge in [-0.2, -0.15) is 0 Å².